The van der Waals surface area contributed by atoms with Gasteiger partial charge in [-0.25, -0.2) is 4.98 Å². The lowest BCUT2D eigenvalue weighted by molar-refractivity contribution is -0.121. The van der Waals surface area contributed by atoms with Crippen molar-refractivity contribution in [2.75, 3.05) is 19.8 Å². The fraction of sp³-hybridized carbons (Fsp3) is 0.385. The Kier molecular flexibility index (Phi) is 6.27. The normalized spacial score (nSPS) is 16.5. The van der Waals surface area contributed by atoms with E-state index >= 15 is 0 Å². The summed E-state index contributed by atoms with van der Waals surface area (Å²) in [6.45, 7) is 1.77. The molecule has 6 nitrogen and oxygen atoms in total. The van der Waals surface area contributed by atoms with Crippen LogP contribution >= 0.6 is 11.6 Å². The molecule has 7 heteroatoms. The molecule has 0 spiro atoms. The molecule has 1 fully saturated rings. The van der Waals surface area contributed by atoms with Gasteiger partial charge in [-0.05, 0) is 54.8 Å². The molecule has 172 valence electrons. The highest BCUT2D eigenvalue weighted by Crippen LogP contribution is 2.43. The lowest BCUT2D eigenvalue weighted by Crippen LogP contribution is -2.39. The van der Waals surface area contributed by atoms with Crippen LogP contribution in [0.3, 0.4) is 0 Å². The summed E-state index contributed by atoms with van der Waals surface area (Å²) < 4.78 is 17.3. The molecule has 0 bridgehead atoms. The van der Waals surface area contributed by atoms with E-state index in [9.17, 15) is 4.79 Å². The zero-order chi connectivity index (χ0) is 22.7. The van der Waals surface area contributed by atoms with Gasteiger partial charge in [0.15, 0.2) is 23.1 Å². The Balaban J connectivity index is 1.19. The van der Waals surface area contributed by atoms with Crippen molar-refractivity contribution in [3.05, 3.63) is 65.1 Å². The molecular weight excluding hydrogens is 440 g/mol. The van der Waals surface area contributed by atoms with Crippen LogP contribution in [-0.2, 0) is 16.6 Å². The van der Waals surface area contributed by atoms with Gasteiger partial charge in [0.25, 0.3) is 0 Å². The average molecular weight is 467 g/mol. The van der Waals surface area contributed by atoms with Gasteiger partial charge < -0.3 is 19.2 Å². The van der Waals surface area contributed by atoms with E-state index in [-0.39, 0.29) is 11.3 Å². The Hall–Kier alpha value is -2.99. The molecule has 0 unspecified atom stereocenters. The van der Waals surface area contributed by atoms with Crippen molar-refractivity contribution in [1.29, 1.82) is 0 Å². The zero-order valence-corrected chi connectivity index (χ0v) is 19.2. The lowest BCUT2D eigenvalue weighted by Gasteiger charge is -2.31. The third kappa shape index (κ3) is 4.86. The van der Waals surface area contributed by atoms with E-state index < -0.39 is 0 Å². The van der Waals surface area contributed by atoms with Crippen molar-refractivity contribution >= 4 is 17.5 Å². The van der Waals surface area contributed by atoms with Crippen molar-refractivity contribution in [3.8, 4) is 22.8 Å². The quantitative estimate of drug-likeness (QED) is 0.509. The third-order valence-electron chi connectivity index (χ3n) is 6.59. The Morgan fingerprint density at radius 3 is 2.58 bits per heavy atom. The van der Waals surface area contributed by atoms with Crippen molar-refractivity contribution in [2.24, 2.45) is 0 Å². The SMILES string of the molecule is O=C(CCc1ncc(-c2ccc(Cl)cc2)o1)NCC1(c2ccc3c(c2)OCCO3)CCCC1. The molecule has 2 aromatic carbocycles. The Morgan fingerprint density at radius 2 is 1.79 bits per heavy atom. The molecular formula is C26H27ClN2O4. The van der Waals surface area contributed by atoms with Crippen LogP contribution in [0.1, 0.15) is 43.6 Å². The van der Waals surface area contributed by atoms with E-state index in [1.165, 1.54) is 5.56 Å². The van der Waals surface area contributed by atoms with Crippen LogP contribution in [0.4, 0.5) is 0 Å². The number of ether oxygens (including phenoxy) is 2. The first-order chi connectivity index (χ1) is 16.1. The molecule has 2 heterocycles. The fourth-order valence-electron chi connectivity index (χ4n) is 4.74. The summed E-state index contributed by atoms with van der Waals surface area (Å²) in [5, 5.41) is 3.84. The number of nitrogens with one attached hydrogen (secondary N) is 1. The van der Waals surface area contributed by atoms with E-state index in [4.69, 9.17) is 25.5 Å². The number of nitrogens with zero attached hydrogens (tertiary/aromatic N) is 1. The minimum Gasteiger partial charge on any atom is -0.486 e. The van der Waals surface area contributed by atoms with Crippen LogP contribution in [0.5, 0.6) is 11.5 Å². The van der Waals surface area contributed by atoms with Gasteiger partial charge in [0.1, 0.15) is 13.2 Å². The van der Waals surface area contributed by atoms with Crippen molar-refractivity contribution in [2.45, 2.75) is 43.9 Å². The van der Waals surface area contributed by atoms with Crippen LogP contribution in [0.25, 0.3) is 11.3 Å². The molecule has 1 aromatic heterocycles. The van der Waals surface area contributed by atoms with Gasteiger partial charge >= 0.3 is 0 Å². The minimum absolute atomic E-state index is 0.00469. The van der Waals surface area contributed by atoms with Crippen molar-refractivity contribution in [1.82, 2.24) is 10.3 Å². The van der Waals surface area contributed by atoms with Crippen molar-refractivity contribution in [3.63, 3.8) is 0 Å². The third-order valence-corrected chi connectivity index (χ3v) is 6.84. The number of hydrogen-bond acceptors (Lipinski definition) is 5. The number of benzene rings is 2. The summed E-state index contributed by atoms with van der Waals surface area (Å²) in [4.78, 5) is 17.0. The van der Waals surface area contributed by atoms with Crippen LogP contribution in [0.2, 0.25) is 5.02 Å². The second-order valence-electron chi connectivity index (χ2n) is 8.75. The Morgan fingerprint density at radius 1 is 1.03 bits per heavy atom. The predicted molar refractivity (Wildman–Crippen MR) is 126 cm³/mol. The van der Waals surface area contributed by atoms with Crippen LogP contribution in [-0.4, -0.2) is 30.6 Å². The molecule has 0 saturated heterocycles. The number of rotatable bonds is 7. The number of hydrogen-bond donors (Lipinski definition) is 1. The molecule has 1 aliphatic heterocycles. The highest BCUT2D eigenvalue weighted by Gasteiger charge is 2.36. The Labute approximate surface area is 198 Å². The molecule has 1 saturated carbocycles. The zero-order valence-electron chi connectivity index (χ0n) is 18.4. The number of aryl methyl sites for hydroxylation is 1. The summed E-state index contributed by atoms with van der Waals surface area (Å²) in [7, 11) is 0. The number of oxazole rings is 1. The van der Waals surface area contributed by atoms with Gasteiger partial charge in [-0.3, -0.25) is 4.79 Å². The van der Waals surface area contributed by atoms with Gasteiger partial charge in [0, 0.05) is 35.4 Å². The smallest absolute Gasteiger partial charge is 0.220 e. The molecule has 3 aromatic rings. The van der Waals surface area contributed by atoms with Gasteiger partial charge in [-0.2, -0.15) is 0 Å². The van der Waals surface area contributed by atoms with E-state index in [1.54, 1.807) is 6.20 Å². The number of carbonyl (C=O) groups excluding carboxylic acids is 1. The summed E-state index contributed by atoms with van der Waals surface area (Å²) in [6.07, 6.45) is 6.90. The fourth-order valence-corrected chi connectivity index (χ4v) is 4.87. The number of aromatic nitrogens is 1. The first-order valence-electron chi connectivity index (χ1n) is 11.5. The summed E-state index contributed by atoms with van der Waals surface area (Å²) in [5.41, 5.74) is 2.06. The van der Waals surface area contributed by atoms with Crippen LogP contribution in [0.15, 0.2) is 53.1 Å². The number of carbonyl (C=O) groups is 1. The van der Waals surface area contributed by atoms with Crippen LogP contribution in [0, 0.1) is 0 Å². The van der Waals surface area contributed by atoms with E-state index in [1.807, 2.05) is 30.3 Å². The second kappa shape index (κ2) is 9.48. The molecule has 1 N–H and O–H groups in total. The first-order valence-corrected chi connectivity index (χ1v) is 11.9. The largest absolute Gasteiger partial charge is 0.486 e. The van der Waals surface area contributed by atoms with Crippen molar-refractivity contribution < 1.29 is 18.7 Å². The first kappa shape index (κ1) is 21.8. The maximum Gasteiger partial charge on any atom is 0.220 e. The molecule has 2 aliphatic rings. The summed E-state index contributed by atoms with van der Waals surface area (Å²) in [6, 6.07) is 13.6. The van der Waals surface area contributed by atoms with Gasteiger partial charge in [0.2, 0.25) is 5.91 Å². The molecule has 1 aliphatic carbocycles. The molecule has 33 heavy (non-hydrogen) atoms. The molecule has 0 radical (unpaired) electrons. The monoisotopic (exact) mass is 466 g/mol. The molecule has 1 amide bonds. The average Bonchev–Trinajstić information content (AvgIpc) is 3.52. The second-order valence-corrected chi connectivity index (χ2v) is 9.18. The van der Waals surface area contributed by atoms with E-state index in [0.717, 1.165) is 42.7 Å². The molecule has 5 rings (SSSR count). The number of amides is 1. The maximum atomic E-state index is 12.7. The molecule has 0 atom stereocenters. The number of halogens is 1. The maximum absolute atomic E-state index is 12.7. The van der Waals surface area contributed by atoms with Gasteiger partial charge in [-0.15, -0.1) is 0 Å². The van der Waals surface area contributed by atoms with Crippen LogP contribution < -0.4 is 14.8 Å². The topological polar surface area (TPSA) is 73.6 Å². The minimum atomic E-state index is -0.0593. The van der Waals surface area contributed by atoms with E-state index in [0.29, 0.717) is 49.3 Å². The highest BCUT2D eigenvalue weighted by atomic mass is 35.5. The highest BCUT2D eigenvalue weighted by molar-refractivity contribution is 6.30. The lowest BCUT2D eigenvalue weighted by atomic mass is 9.78. The summed E-state index contributed by atoms with van der Waals surface area (Å²) >= 11 is 5.94. The van der Waals surface area contributed by atoms with Gasteiger partial charge in [0.05, 0.1) is 6.20 Å². The Bertz CT molecular complexity index is 1120. The van der Waals surface area contributed by atoms with Gasteiger partial charge in [-0.1, -0.05) is 30.5 Å². The predicted octanol–water partition coefficient (Wildman–Crippen LogP) is 5.33. The van der Waals surface area contributed by atoms with E-state index in [2.05, 4.69) is 22.4 Å². The number of fused-ring (bicyclic) bond motifs is 1. The summed E-state index contributed by atoms with van der Waals surface area (Å²) in [5.74, 6) is 2.83. The standard InChI is InChI=1S/C26H27ClN2O4/c27-20-6-3-18(4-7-20)23-16-28-25(33-23)10-9-24(30)29-17-26(11-1-2-12-26)19-5-8-21-22(15-19)32-14-13-31-21/h3-8,15-16H,1-2,9-14,17H2,(H,29,30).